The van der Waals surface area contributed by atoms with Gasteiger partial charge in [-0.05, 0) is 49.1 Å². The first kappa shape index (κ1) is 25.8. The van der Waals surface area contributed by atoms with E-state index >= 15 is 0 Å². The van der Waals surface area contributed by atoms with Crippen molar-refractivity contribution in [2.75, 3.05) is 12.4 Å². The second kappa shape index (κ2) is 11.3. The van der Waals surface area contributed by atoms with Crippen molar-refractivity contribution in [2.24, 2.45) is 17.4 Å². The number of imide groups is 1. The monoisotopic (exact) mass is 513 g/mol. The van der Waals surface area contributed by atoms with Gasteiger partial charge in [0.05, 0.1) is 24.1 Å². The van der Waals surface area contributed by atoms with Crippen LogP contribution in [0.3, 0.4) is 0 Å². The van der Waals surface area contributed by atoms with Crippen LogP contribution in [0.1, 0.15) is 24.8 Å². The van der Waals surface area contributed by atoms with Crippen molar-refractivity contribution in [3.05, 3.63) is 84.6 Å². The fraction of sp³-hybridized carbons (Fsp3) is 0.345. The van der Waals surface area contributed by atoms with Gasteiger partial charge in [-0.15, -0.1) is 0 Å². The van der Waals surface area contributed by atoms with Gasteiger partial charge in [-0.1, -0.05) is 48.5 Å². The summed E-state index contributed by atoms with van der Waals surface area (Å²) in [5.41, 5.74) is 16.9. The van der Waals surface area contributed by atoms with Crippen LogP contribution in [0.2, 0.25) is 0 Å². The Kier molecular flexibility index (Phi) is 7.69. The molecule has 2 fully saturated rings. The number of amides is 3. The van der Waals surface area contributed by atoms with Gasteiger partial charge in [0.2, 0.25) is 5.91 Å². The van der Waals surface area contributed by atoms with Gasteiger partial charge in [-0.3, -0.25) is 20.0 Å². The summed E-state index contributed by atoms with van der Waals surface area (Å²) >= 11 is 0. The Morgan fingerprint density at radius 2 is 1.71 bits per heavy atom. The van der Waals surface area contributed by atoms with Crippen LogP contribution in [-0.4, -0.2) is 58.2 Å². The molecule has 1 aliphatic heterocycles. The average molecular weight is 514 g/mol. The van der Waals surface area contributed by atoms with Crippen LogP contribution in [0.5, 0.6) is 0 Å². The molecule has 2 heterocycles. The second-order valence-electron chi connectivity index (χ2n) is 10.0. The van der Waals surface area contributed by atoms with Gasteiger partial charge in [0.15, 0.2) is 0 Å². The summed E-state index contributed by atoms with van der Waals surface area (Å²) in [5, 5.41) is 6.97. The molecular formula is C29H35N7O2. The maximum absolute atomic E-state index is 13.5. The van der Waals surface area contributed by atoms with Gasteiger partial charge in [-0.25, -0.2) is 4.79 Å². The summed E-state index contributed by atoms with van der Waals surface area (Å²) < 4.78 is 0. The third-order valence-corrected chi connectivity index (χ3v) is 7.60. The standard InChI is InChI=1S/C29H35N7O2/c1-35-28(37)25(26(31)36(29(35)38)24-12-7-10-22(24)30)27(34-21-8-3-2-4-9-21)33-18-19-13-15-20(16-14-19)23-11-5-6-17-32-23/h2-6,8-9,11,13-17,22,24-27,33-34H,7,10,12,18,30-31H2,1H3. The number of carbonyl (C=O) groups is 2. The fourth-order valence-corrected chi connectivity index (χ4v) is 5.49. The van der Waals surface area contributed by atoms with Crippen molar-refractivity contribution < 1.29 is 9.59 Å². The zero-order valence-corrected chi connectivity index (χ0v) is 21.5. The number of benzene rings is 2. The summed E-state index contributed by atoms with van der Waals surface area (Å²) in [6, 6.07) is 22.9. The van der Waals surface area contributed by atoms with Crippen LogP contribution < -0.4 is 22.1 Å². The van der Waals surface area contributed by atoms with Gasteiger partial charge in [0, 0.05) is 37.1 Å². The second-order valence-corrected chi connectivity index (χ2v) is 10.0. The number of hydrogen-bond donors (Lipinski definition) is 4. The highest BCUT2D eigenvalue weighted by molar-refractivity contribution is 5.99. The lowest BCUT2D eigenvalue weighted by atomic mass is 9.94. The average Bonchev–Trinajstić information content (AvgIpc) is 3.37. The maximum Gasteiger partial charge on any atom is 0.328 e. The number of nitrogens with zero attached hydrogens (tertiary/aromatic N) is 3. The van der Waals surface area contributed by atoms with Crippen LogP contribution in [0.15, 0.2) is 79.0 Å². The topological polar surface area (TPSA) is 130 Å². The number of pyridine rings is 1. The quantitative estimate of drug-likeness (QED) is 0.341. The third-order valence-electron chi connectivity index (χ3n) is 7.60. The van der Waals surface area contributed by atoms with E-state index in [4.69, 9.17) is 11.5 Å². The first-order valence-electron chi connectivity index (χ1n) is 13.1. The minimum Gasteiger partial charge on any atom is -0.369 e. The molecule has 2 aromatic carbocycles. The van der Waals surface area contributed by atoms with Gasteiger partial charge >= 0.3 is 6.03 Å². The molecule has 198 valence electrons. The molecule has 1 aromatic heterocycles. The smallest absolute Gasteiger partial charge is 0.328 e. The van der Waals surface area contributed by atoms with E-state index in [2.05, 4.69) is 15.6 Å². The fourth-order valence-electron chi connectivity index (χ4n) is 5.49. The largest absolute Gasteiger partial charge is 0.369 e. The lowest BCUT2D eigenvalue weighted by molar-refractivity contribution is -0.139. The zero-order chi connectivity index (χ0) is 26.6. The van der Waals surface area contributed by atoms with E-state index < -0.39 is 18.2 Å². The first-order valence-corrected chi connectivity index (χ1v) is 13.1. The number of nitrogens with two attached hydrogens (primary N) is 2. The van der Waals surface area contributed by atoms with Crippen molar-refractivity contribution in [3.8, 4) is 11.3 Å². The lowest BCUT2D eigenvalue weighted by Crippen LogP contribution is -2.71. The minimum atomic E-state index is -0.819. The van der Waals surface area contributed by atoms with Crippen molar-refractivity contribution in [2.45, 2.75) is 50.2 Å². The lowest BCUT2D eigenvalue weighted by Gasteiger charge is -2.47. The van der Waals surface area contributed by atoms with Gasteiger partial charge in [0.25, 0.3) is 0 Å². The minimum absolute atomic E-state index is 0.154. The normalized spacial score (nSPS) is 24.5. The SMILES string of the molecule is CN1C(=O)C(C(NCc2ccc(-c3ccccn3)cc2)Nc2ccccc2)C(N)N(C2CCCC2N)C1=O. The molecule has 0 spiro atoms. The number of anilines is 1. The number of carbonyl (C=O) groups excluding carboxylic acids is 2. The van der Waals surface area contributed by atoms with Crippen LogP contribution >= 0.6 is 0 Å². The Labute approximate surface area is 223 Å². The summed E-state index contributed by atoms with van der Waals surface area (Å²) in [6.45, 7) is 0.490. The van der Waals surface area contributed by atoms with Crippen molar-refractivity contribution >= 4 is 17.6 Å². The zero-order valence-electron chi connectivity index (χ0n) is 21.5. The predicted molar refractivity (Wildman–Crippen MR) is 147 cm³/mol. The van der Waals surface area contributed by atoms with Crippen LogP contribution in [0.4, 0.5) is 10.5 Å². The van der Waals surface area contributed by atoms with Gasteiger partial charge < -0.3 is 21.7 Å². The molecule has 2 aliphatic rings. The molecule has 5 atom stereocenters. The molecule has 9 heteroatoms. The third kappa shape index (κ3) is 5.26. The highest BCUT2D eigenvalue weighted by Crippen LogP contribution is 2.31. The van der Waals surface area contributed by atoms with E-state index in [1.807, 2.05) is 72.8 Å². The predicted octanol–water partition coefficient (Wildman–Crippen LogP) is 2.95. The molecule has 0 bridgehead atoms. The van der Waals surface area contributed by atoms with Crippen LogP contribution in [0.25, 0.3) is 11.3 Å². The van der Waals surface area contributed by atoms with Crippen LogP contribution in [-0.2, 0) is 11.3 Å². The summed E-state index contributed by atoms with van der Waals surface area (Å²) in [6.07, 6.45) is 2.97. The van der Waals surface area contributed by atoms with Gasteiger partial charge in [0.1, 0.15) is 5.92 Å². The highest BCUT2D eigenvalue weighted by atomic mass is 16.2. The van der Waals surface area contributed by atoms with E-state index in [0.717, 1.165) is 41.8 Å². The molecule has 1 saturated heterocycles. The molecular weight excluding hydrogens is 478 g/mol. The Morgan fingerprint density at radius 1 is 0.974 bits per heavy atom. The Balaban J connectivity index is 1.39. The molecule has 5 unspecified atom stereocenters. The van der Waals surface area contributed by atoms with Crippen molar-refractivity contribution in [1.29, 1.82) is 0 Å². The van der Waals surface area contributed by atoms with Gasteiger partial charge in [-0.2, -0.15) is 0 Å². The number of hydrogen-bond acceptors (Lipinski definition) is 7. The maximum atomic E-state index is 13.5. The summed E-state index contributed by atoms with van der Waals surface area (Å²) in [7, 11) is 1.52. The van der Waals surface area contributed by atoms with Crippen LogP contribution in [0, 0.1) is 5.92 Å². The van der Waals surface area contributed by atoms with E-state index in [-0.39, 0.29) is 24.0 Å². The molecule has 9 nitrogen and oxygen atoms in total. The van der Waals surface area contributed by atoms with E-state index in [0.29, 0.717) is 6.54 Å². The molecule has 1 aliphatic carbocycles. The Bertz CT molecular complexity index is 1240. The Morgan fingerprint density at radius 3 is 2.37 bits per heavy atom. The number of rotatable bonds is 8. The number of aromatic nitrogens is 1. The summed E-state index contributed by atoms with van der Waals surface area (Å²) in [4.78, 5) is 33.9. The molecule has 5 rings (SSSR count). The Hall–Kier alpha value is -3.79. The number of para-hydroxylation sites is 1. The van der Waals surface area contributed by atoms with E-state index in [9.17, 15) is 9.59 Å². The van der Waals surface area contributed by atoms with E-state index in [1.165, 1.54) is 11.9 Å². The molecule has 1 saturated carbocycles. The molecule has 6 N–H and O–H groups in total. The highest BCUT2D eigenvalue weighted by Gasteiger charge is 2.50. The molecule has 0 radical (unpaired) electrons. The number of urea groups is 1. The van der Waals surface area contributed by atoms with Crippen molar-refractivity contribution in [1.82, 2.24) is 20.1 Å². The molecule has 3 amide bonds. The first-order chi connectivity index (χ1) is 18.4. The molecule has 38 heavy (non-hydrogen) atoms. The van der Waals surface area contributed by atoms with E-state index in [1.54, 1.807) is 11.1 Å². The van der Waals surface area contributed by atoms with Crippen molar-refractivity contribution in [3.63, 3.8) is 0 Å². The summed E-state index contributed by atoms with van der Waals surface area (Å²) in [5.74, 6) is -1.05. The number of nitrogens with one attached hydrogen (secondary N) is 2. The molecule has 3 aromatic rings.